The largest absolute Gasteiger partial charge is 0.508 e. The summed E-state index contributed by atoms with van der Waals surface area (Å²) in [6.07, 6.45) is 12.2. The molecule has 1 saturated heterocycles. The van der Waals surface area contributed by atoms with Gasteiger partial charge in [0.2, 0.25) is 0 Å². The summed E-state index contributed by atoms with van der Waals surface area (Å²) in [7, 11) is 0. The summed E-state index contributed by atoms with van der Waals surface area (Å²) in [4.78, 5) is 14.9. The highest BCUT2D eigenvalue weighted by Gasteiger charge is 2.47. The highest BCUT2D eigenvalue weighted by Crippen LogP contribution is 2.47. The Balaban J connectivity index is 0.00000125. The average Bonchev–Trinajstić information content (AvgIpc) is 2.70. The van der Waals surface area contributed by atoms with Gasteiger partial charge in [-0.3, -0.25) is 4.84 Å². The van der Waals surface area contributed by atoms with E-state index in [9.17, 15) is 5.11 Å². The van der Waals surface area contributed by atoms with E-state index in [2.05, 4.69) is 45.7 Å². The van der Waals surface area contributed by atoms with E-state index in [0.717, 1.165) is 31.4 Å². The second kappa shape index (κ2) is 14.5. The van der Waals surface area contributed by atoms with Crippen LogP contribution in [0.5, 0.6) is 5.75 Å². The van der Waals surface area contributed by atoms with Gasteiger partial charge in [0.1, 0.15) is 5.75 Å². The molecule has 0 aliphatic carbocycles. The molecule has 0 aromatic heterocycles. The Bertz CT molecular complexity index is 667. The Kier molecular flexibility index (Phi) is 12.8. The molecule has 0 unspecified atom stereocenters. The molecule has 1 fully saturated rings. The van der Waals surface area contributed by atoms with Crippen molar-refractivity contribution < 1.29 is 25.0 Å². The number of carbonyl (C=O) groups is 1. The monoisotopic (exact) mass is 465 g/mol. The molecule has 0 radical (unpaired) electrons. The zero-order chi connectivity index (χ0) is 24.9. The minimum absolute atomic E-state index is 0.0615. The number of hydrogen-bond acceptors (Lipinski definition) is 4. The summed E-state index contributed by atoms with van der Waals surface area (Å²) in [6.45, 7) is 12.2. The smallest absolute Gasteiger partial charge is 0.503 e. The van der Waals surface area contributed by atoms with Gasteiger partial charge >= 0.3 is 6.16 Å². The first-order valence-electron chi connectivity index (χ1n) is 12.6. The fourth-order valence-electron chi connectivity index (χ4n) is 5.23. The third kappa shape index (κ3) is 10.8. The van der Waals surface area contributed by atoms with Crippen molar-refractivity contribution in [1.82, 2.24) is 5.06 Å². The molecule has 6 nitrogen and oxygen atoms in total. The van der Waals surface area contributed by atoms with Crippen molar-refractivity contribution in [2.45, 2.75) is 122 Å². The first kappa shape index (κ1) is 29.2. The molecule has 0 atom stereocenters. The number of rotatable bonds is 12. The number of carboxylic acid groups (broad SMARTS) is 2. The number of aromatic hydroxyl groups is 1. The van der Waals surface area contributed by atoms with E-state index in [4.69, 9.17) is 19.8 Å². The number of piperidine rings is 1. The van der Waals surface area contributed by atoms with Crippen molar-refractivity contribution in [3.8, 4) is 5.75 Å². The molecule has 0 amide bonds. The van der Waals surface area contributed by atoms with E-state index >= 15 is 0 Å². The lowest BCUT2D eigenvalue weighted by molar-refractivity contribution is -0.283. The lowest BCUT2D eigenvalue weighted by Crippen LogP contribution is -2.59. The summed E-state index contributed by atoms with van der Waals surface area (Å²) < 4.78 is 0. The SMILES string of the molecule is CCCCCCCCCCCON1C(C)(C)CC(c2ccccc2O)CC1(C)C.O=C(O)O. The maximum atomic E-state index is 10.3. The van der Waals surface area contributed by atoms with Gasteiger partial charge in [-0.15, -0.1) is 0 Å². The number of hydrogen-bond donors (Lipinski definition) is 3. The number of phenolic OH excluding ortho intramolecular Hbond substituents is 1. The number of nitrogens with zero attached hydrogens (tertiary/aromatic N) is 1. The maximum absolute atomic E-state index is 10.3. The first-order chi connectivity index (χ1) is 15.5. The minimum Gasteiger partial charge on any atom is -0.508 e. The van der Waals surface area contributed by atoms with Gasteiger partial charge in [-0.25, -0.2) is 4.79 Å². The molecule has 190 valence electrons. The molecule has 1 aliphatic heterocycles. The quantitative estimate of drug-likeness (QED) is 0.273. The van der Waals surface area contributed by atoms with Crippen molar-refractivity contribution in [1.29, 1.82) is 0 Å². The molecule has 33 heavy (non-hydrogen) atoms. The fourth-order valence-corrected chi connectivity index (χ4v) is 5.23. The van der Waals surface area contributed by atoms with Gasteiger partial charge < -0.3 is 15.3 Å². The summed E-state index contributed by atoms with van der Waals surface area (Å²) in [5.74, 6) is 0.780. The molecular formula is C27H47NO5. The molecule has 6 heteroatoms. The summed E-state index contributed by atoms with van der Waals surface area (Å²) in [5, 5.41) is 26.5. The highest BCUT2D eigenvalue weighted by molar-refractivity contribution is 5.53. The normalized spacial score (nSPS) is 17.8. The van der Waals surface area contributed by atoms with E-state index in [1.807, 2.05) is 18.2 Å². The fraction of sp³-hybridized carbons (Fsp3) is 0.741. The van der Waals surface area contributed by atoms with E-state index in [-0.39, 0.29) is 11.1 Å². The van der Waals surface area contributed by atoms with Crippen molar-refractivity contribution in [2.75, 3.05) is 6.61 Å². The Morgan fingerprint density at radius 3 is 1.85 bits per heavy atom. The van der Waals surface area contributed by atoms with Crippen LogP contribution in [0.1, 0.15) is 117 Å². The van der Waals surface area contributed by atoms with Crippen LogP contribution >= 0.6 is 0 Å². The van der Waals surface area contributed by atoms with Crippen LogP contribution < -0.4 is 0 Å². The molecule has 1 aromatic carbocycles. The molecule has 1 heterocycles. The second-order valence-electron chi connectivity index (χ2n) is 10.5. The molecule has 0 saturated carbocycles. The Labute approximate surface area is 200 Å². The van der Waals surface area contributed by atoms with Crippen LogP contribution in [0.15, 0.2) is 24.3 Å². The van der Waals surface area contributed by atoms with Crippen molar-refractivity contribution in [2.24, 2.45) is 0 Å². The Morgan fingerprint density at radius 1 is 0.909 bits per heavy atom. The van der Waals surface area contributed by atoms with Crippen molar-refractivity contribution in [3.05, 3.63) is 29.8 Å². The van der Waals surface area contributed by atoms with Gasteiger partial charge in [-0.1, -0.05) is 76.5 Å². The van der Waals surface area contributed by atoms with Gasteiger partial charge in [0.25, 0.3) is 0 Å². The van der Waals surface area contributed by atoms with E-state index in [0.29, 0.717) is 11.7 Å². The summed E-state index contributed by atoms with van der Waals surface area (Å²) in [6, 6.07) is 7.81. The van der Waals surface area contributed by atoms with Crippen LogP contribution in [0.4, 0.5) is 4.79 Å². The Morgan fingerprint density at radius 2 is 1.36 bits per heavy atom. The van der Waals surface area contributed by atoms with Gasteiger partial charge in [0.05, 0.1) is 6.61 Å². The van der Waals surface area contributed by atoms with Crippen molar-refractivity contribution in [3.63, 3.8) is 0 Å². The van der Waals surface area contributed by atoms with Gasteiger partial charge in [-0.2, -0.15) is 5.06 Å². The predicted molar refractivity (Wildman–Crippen MR) is 134 cm³/mol. The van der Waals surface area contributed by atoms with E-state index in [1.54, 1.807) is 0 Å². The molecule has 3 N–H and O–H groups in total. The third-order valence-electron chi connectivity index (χ3n) is 6.44. The van der Waals surface area contributed by atoms with Crippen LogP contribution in [0, 0.1) is 0 Å². The van der Waals surface area contributed by atoms with Crippen molar-refractivity contribution >= 4 is 6.16 Å². The lowest BCUT2D eigenvalue weighted by atomic mass is 9.72. The maximum Gasteiger partial charge on any atom is 0.503 e. The standard InChI is InChI=1S/C26H45NO2.CH2O3/c1-6-7-8-9-10-11-12-13-16-19-29-27-25(2,3)20-22(21-26(27,4)5)23-17-14-15-18-24(23)28;2-1(3)4/h14-15,17-18,22,28H,6-13,16,19-21H2,1-5H3;(H2,2,3,4). The van der Waals surface area contributed by atoms with Gasteiger partial charge in [-0.05, 0) is 64.5 Å². The summed E-state index contributed by atoms with van der Waals surface area (Å²) >= 11 is 0. The predicted octanol–water partition coefficient (Wildman–Crippen LogP) is 7.81. The zero-order valence-corrected chi connectivity index (χ0v) is 21.5. The number of hydroxylamine groups is 2. The average molecular weight is 466 g/mol. The minimum atomic E-state index is -1.83. The Hall–Kier alpha value is -1.79. The molecule has 2 rings (SSSR count). The zero-order valence-electron chi connectivity index (χ0n) is 21.5. The van der Waals surface area contributed by atoms with E-state index in [1.165, 1.54) is 51.4 Å². The molecule has 0 spiro atoms. The van der Waals surface area contributed by atoms with Gasteiger partial charge in [0.15, 0.2) is 0 Å². The summed E-state index contributed by atoms with van der Waals surface area (Å²) in [5.41, 5.74) is 0.953. The second-order valence-corrected chi connectivity index (χ2v) is 10.5. The molecule has 0 bridgehead atoms. The van der Waals surface area contributed by atoms with Crippen LogP contribution in [-0.2, 0) is 4.84 Å². The number of benzene rings is 1. The van der Waals surface area contributed by atoms with E-state index < -0.39 is 6.16 Å². The molecule has 1 aromatic rings. The molecular weight excluding hydrogens is 418 g/mol. The number of unbranched alkanes of at least 4 members (excludes halogenated alkanes) is 8. The molecule has 1 aliphatic rings. The number of phenols is 1. The van der Waals surface area contributed by atoms with Crippen LogP contribution in [0.25, 0.3) is 0 Å². The topological polar surface area (TPSA) is 90.2 Å². The third-order valence-corrected chi connectivity index (χ3v) is 6.44. The van der Waals surface area contributed by atoms with Gasteiger partial charge in [0, 0.05) is 11.1 Å². The highest BCUT2D eigenvalue weighted by atomic mass is 16.7. The number of para-hydroxylation sites is 1. The first-order valence-corrected chi connectivity index (χ1v) is 12.6. The lowest BCUT2D eigenvalue weighted by Gasteiger charge is -2.54. The van der Waals surface area contributed by atoms with Crippen LogP contribution in [0.2, 0.25) is 0 Å². The van der Waals surface area contributed by atoms with Crippen LogP contribution in [-0.4, -0.2) is 44.2 Å². The van der Waals surface area contributed by atoms with Crippen LogP contribution in [0.3, 0.4) is 0 Å².